The monoisotopic (exact) mass is 265 g/mol. The van der Waals surface area contributed by atoms with Crippen LogP contribution in [0.1, 0.15) is 11.1 Å². The average molecular weight is 265 g/mol. The molecular weight excluding hydrogens is 252 g/mol. The molecule has 0 aliphatic carbocycles. The smallest absolute Gasteiger partial charge is 0.387 e. The molecule has 6 heteroatoms. The Labute approximate surface area is 109 Å². The molecule has 100 valence electrons. The minimum Gasteiger partial charge on any atom is -0.434 e. The number of alkyl halides is 2. The molecule has 1 aromatic heterocycles. The van der Waals surface area contributed by atoms with Gasteiger partial charge in [-0.15, -0.1) is 0 Å². The van der Waals surface area contributed by atoms with E-state index in [0.29, 0.717) is 18.7 Å². The zero-order chi connectivity index (χ0) is 13.5. The van der Waals surface area contributed by atoms with Crippen LogP contribution in [0.4, 0.5) is 8.78 Å². The first-order valence-electron chi connectivity index (χ1n) is 5.73. The van der Waals surface area contributed by atoms with Gasteiger partial charge >= 0.3 is 6.61 Å². The second-order valence-corrected chi connectivity index (χ2v) is 3.84. The summed E-state index contributed by atoms with van der Waals surface area (Å²) >= 11 is 0. The molecule has 0 aliphatic rings. The van der Waals surface area contributed by atoms with E-state index in [9.17, 15) is 8.78 Å². The Morgan fingerprint density at radius 1 is 1.11 bits per heavy atom. The van der Waals surface area contributed by atoms with Gasteiger partial charge in [-0.1, -0.05) is 18.2 Å². The molecule has 0 spiro atoms. The van der Waals surface area contributed by atoms with E-state index in [1.807, 2.05) is 0 Å². The number of para-hydroxylation sites is 1. The third kappa shape index (κ3) is 4.26. The summed E-state index contributed by atoms with van der Waals surface area (Å²) in [7, 11) is 0. The largest absolute Gasteiger partial charge is 0.434 e. The van der Waals surface area contributed by atoms with Crippen LogP contribution in [0.3, 0.4) is 0 Å². The lowest BCUT2D eigenvalue weighted by atomic mass is 10.2. The highest BCUT2D eigenvalue weighted by molar-refractivity contribution is 5.33. The number of nitrogens with one attached hydrogen (secondary N) is 1. The predicted molar refractivity (Wildman–Crippen MR) is 65.6 cm³/mol. The van der Waals surface area contributed by atoms with Crippen molar-refractivity contribution in [2.45, 2.75) is 19.7 Å². The van der Waals surface area contributed by atoms with Crippen molar-refractivity contribution in [2.75, 3.05) is 0 Å². The molecule has 0 atom stereocenters. The third-order valence-corrected chi connectivity index (χ3v) is 2.45. The lowest BCUT2D eigenvalue weighted by Gasteiger charge is -2.11. The standard InChI is InChI=1S/C13H13F2N3O/c14-13(15)19-12-4-2-1-3-11(12)8-16-5-10-6-17-9-18-7-10/h1-4,6-7,9,13,16H,5,8H2. The fourth-order valence-corrected chi connectivity index (χ4v) is 1.62. The van der Waals surface area contributed by atoms with Gasteiger partial charge in [0.25, 0.3) is 0 Å². The molecule has 4 nitrogen and oxygen atoms in total. The number of benzene rings is 1. The van der Waals surface area contributed by atoms with Crippen LogP contribution < -0.4 is 10.1 Å². The van der Waals surface area contributed by atoms with Gasteiger partial charge in [-0.3, -0.25) is 0 Å². The van der Waals surface area contributed by atoms with Gasteiger partial charge in [-0.2, -0.15) is 8.78 Å². The highest BCUT2D eigenvalue weighted by Gasteiger charge is 2.08. The van der Waals surface area contributed by atoms with Gasteiger partial charge in [-0.25, -0.2) is 9.97 Å². The van der Waals surface area contributed by atoms with E-state index in [0.717, 1.165) is 5.56 Å². The van der Waals surface area contributed by atoms with E-state index in [-0.39, 0.29) is 5.75 Å². The summed E-state index contributed by atoms with van der Waals surface area (Å²) in [6, 6.07) is 6.70. The summed E-state index contributed by atoms with van der Waals surface area (Å²) in [5, 5.41) is 3.13. The number of halogens is 2. The number of hydrogen-bond donors (Lipinski definition) is 1. The summed E-state index contributed by atoms with van der Waals surface area (Å²) < 4.78 is 28.9. The van der Waals surface area contributed by atoms with E-state index in [1.54, 1.807) is 30.6 Å². The number of hydrogen-bond acceptors (Lipinski definition) is 4. The molecule has 0 bridgehead atoms. The molecule has 0 unspecified atom stereocenters. The van der Waals surface area contributed by atoms with Crippen LogP contribution in [0.2, 0.25) is 0 Å². The Balaban J connectivity index is 1.92. The first-order valence-corrected chi connectivity index (χ1v) is 5.73. The van der Waals surface area contributed by atoms with Crippen molar-refractivity contribution in [2.24, 2.45) is 0 Å². The predicted octanol–water partition coefficient (Wildman–Crippen LogP) is 2.37. The van der Waals surface area contributed by atoms with Crippen LogP contribution in [0, 0.1) is 0 Å². The average Bonchev–Trinajstić information content (AvgIpc) is 2.41. The van der Waals surface area contributed by atoms with Gasteiger partial charge in [0, 0.05) is 36.6 Å². The van der Waals surface area contributed by atoms with E-state index < -0.39 is 6.61 Å². The Morgan fingerprint density at radius 2 is 1.84 bits per heavy atom. The van der Waals surface area contributed by atoms with Gasteiger partial charge in [0.1, 0.15) is 12.1 Å². The van der Waals surface area contributed by atoms with E-state index in [2.05, 4.69) is 20.0 Å². The Morgan fingerprint density at radius 3 is 2.58 bits per heavy atom. The summed E-state index contributed by atoms with van der Waals surface area (Å²) in [5.41, 5.74) is 1.61. The second-order valence-electron chi connectivity index (χ2n) is 3.84. The molecule has 0 saturated carbocycles. The zero-order valence-corrected chi connectivity index (χ0v) is 10.1. The fourth-order valence-electron chi connectivity index (χ4n) is 1.62. The van der Waals surface area contributed by atoms with E-state index >= 15 is 0 Å². The minimum absolute atomic E-state index is 0.189. The number of aromatic nitrogens is 2. The van der Waals surface area contributed by atoms with E-state index in [1.165, 1.54) is 12.4 Å². The Bertz CT molecular complexity index is 508. The Hall–Kier alpha value is -2.08. The van der Waals surface area contributed by atoms with Crippen molar-refractivity contribution in [1.82, 2.24) is 15.3 Å². The van der Waals surface area contributed by atoms with Crippen LogP contribution in [0.25, 0.3) is 0 Å². The molecule has 2 rings (SSSR count). The van der Waals surface area contributed by atoms with Crippen molar-refractivity contribution < 1.29 is 13.5 Å². The maximum absolute atomic E-state index is 12.2. The van der Waals surface area contributed by atoms with Crippen molar-refractivity contribution in [1.29, 1.82) is 0 Å². The number of ether oxygens (including phenoxy) is 1. The molecule has 1 aromatic carbocycles. The third-order valence-electron chi connectivity index (χ3n) is 2.45. The Kier molecular flexibility index (Phi) is 4.74. The normalized spacial score (nSPS) is 10.7. The van der Waals surface area contributed by atoms with Crippen molar-refractivity contribution >= 4 is 0 Å². The lowest BCUT2D eigenvalue weighted by Crippen LogP contribution is -2.14. The summed E-state index contributed by atoms with van der Waals surface area (Å²) in [6.45, 7) is -1.83. The molecule has 0 fully saturated rings. The molecule has 2 aromatic rings. The summed E-state index contributed by atoms with van der Waals surface area (Å²) in [5.74, 6) is 0.189. The van der Waals surface area contributed by atoms with Crippen LogP contribution in [0.5, 0.6) is 5.75 Å². The van der Waals surface area contributed by atoms with Crippen LogP contribution in [-0.2, 0) is 13.1 Å². The number of nitrogens with zero attached hydrogens (tertiary/aromatic N) is 2. The highest BCUT2D eigenvalue weighted by atomic mass is 19.3. The van der Waals surface area contributed by atoms with E-state index in [4.69, 9.17) is 0 Å². The van der Waals surface area contributed by atoms with Crippen LogP contribution in [-0.4, -0.2) is 16.6 Å². The first-order chi connectivity index (χ1) is 9.25. The zero-order valence-electron chi connectivity index (χ0n) is 10.1. The number of rotatable bonds is 6. The maximum atomic E-state index is 12.2. The summed E-state index contributed by atoms with van der Waals surface area (Å²) in [4.78, 5) is 7.78. The van der Waals surface area contributed by atoms with Gasteiger partial charge < -0.3 is 10.1 Å². The SMILES string of the molecule is FC(F)Oc1ccccc1CNCc1cncnc1. The molecule has 19 heavy (non-hydrogen) atoms. The van der Waals surface area contributed by atoms with Gasteiger partial charge in [-0.05, 0) is 6.07 Å². The van der Waals surface area contributed by atoms with Crippen molar-refractivity contribution in [3.8, 4) is 5.75 Å². The summed E-state index contributed by atoms with van der Waals surface area (Å²) in [6.07, 6.45) is 4.85. The van der Waals surface area contributed by atoms with Crippen molar-refractivity contribution in [3.63, 3.8) is 0 Å². The van der Waals surface area contributed by atoms with Gasteiger partial charge in [0.2, 0.25) is 0 Å². The highest BCUT2D eigenvalue weighted by Crippen LogP contribution is 2.19. The molecule has 0 aliphatic heterocycles. The van der Waals surface area contributed by atoms with Crippen LogP contribution in [0.15, 0.2) is 43.0 Å². The molecule has 0 saturated heterocycles. The maximum Gasteiger partial charge on any atom is 0.387 e. The quantitative estimate of drug-likeness (QED) is 0.871. The second kappa shape index (κ2) is 6.75. The molecule has 0 radical (unpaired) electrons. The molecular formula is C13H13F2N3O. The topological polar surface area (TPSA) is 47.0 Å². The van der Waals surface area contributed by atoms with Gasteiger partial charge in [0.15, 0.2) is 0 Å². The first kappa shape index (κ1) is 13.4. The van der Waals surface area contributed by atoms with Gasteiger partial charge in [0.05, 0.1) is 0 Å². The molecule has 0 amide bonds. The molecule has 1 heterocycles. The lowest BCUT2D eigenvalue weighted by molar-refractivity contribution is -0.0505. The van der Waals surface area contributed by atoms with Crippen molar-refractivity contribution in [3.05, 3.63) is 54.1 Å². The fraction of sp³-hybridized carbons (Fsp3) is 0.231. The molecule has 1 N–H and O–H groups in total. The van der Waals surface area contributed by atoms with Crippen LogP contribution >= 0.6 is 0 Å². The minimum atomic E-state index is -2.82.